The number of alkyl halides is 1. The molecule has 0 aromatic rings. The Bertz CT molecular complexity index is 295. The van der Waals surface area contributed by atoms with E-state index >= 15 is 0 Å². The van der Waals surface area contributed by atoms with Crippen molar-refractivity contribution in [1.29, 1.82) is 0 Å². The van der Waals surface area contributed by atoms with Crippen LogP contribution in [0.5, 0.6) is 0 Å². The molecule has 5 heteroatoms. The van der Waals surface area contributed by atoms with Crippen LogP contribution in [0.4, 0.5) is 0 Å². The highest BCUT2D eigenvalue weighted by Gasteiger charge is 2.36. The van der Waals surface area contributed by atoms with Crippen molar-refractivity contribution in [2.45, 2.75) is 45.1 Å². The van der Waals surface area contributed by atoms with Crippen LogP contribution in [-0.4, -0.2) is 25.0 Å². The van der Waals surface area contributed by atoms with Gasteiger partial charge in [0.25, 0.3) is 0 Å². The van der Waals surface area contributed by atoms with E-state index < -0.39 is 10.0 Å². The van der Waals surface area contributed by atoms with Gasteiger partial charge < -0.3 is 0 Å². The predicted octanol–water partition coefficient (Wildman–Crippen LogP) is 2.27. The molecule has 1 saturated carbocycles. The summed E-state index contributed by atoms with van der Waals surface area (Å²) in [4.78, 5) is 0. The van der Waals surface area contributed by atoms with Crippen molar-refractivity contribution in [2.24, 2.45) is 5.92 Å². The molecule has 1 rings (SSSR count). The molecule has 1 aliphatic carbocycles. The van der Waals surface area contributed by atoms with Crippen LogP contribution in [-0.2, 0) is 10.0 Å². The summed E-state index contributed by atoms with van der Waals surface area (Å²) in [6.45, 7) is 3.90. The van der Waals surface area contributed by atoms with E-state index in [-0.39, 0.29) is 11.3 Å². The third kappa shape index (κ3) is 3.71. The second-order valence-corrected chi connectivity index (χ2v) is 7.17. The zero-order valence-corrected chi connectivity index (χ0v) is 11.8. The third-order valence-corrected chi connectivity index (χ3v) is 5.82. The van der Waals surface area contributed by atoms with E-state index in [1.807, 2.05) is 0 Å². The molecule has 1 fully saturated rings. The number of hydrogen-bond donors (Lipinski definition) is 1. The lowest BCUT2D eigenvalue weighted by molar-refractivity contribution is 0.250. The molecular formula is C10H20BrNO2S. The molecule has 1 aliphatic rings. The summed E-state index contributed by atoms with van der Waals surface area (Å²) in [5.41, 5.74) is -0.235. The van der Waals surface area contributed by atoms with Gasteiger partial charge in [-0.05, 0) is 38.5 Å². The van der Waals surface area contributed by atoms with Gasteiger partial charge in [0.2, 0.25) is 10.0 Å². The lowest BCUT2D eigenvalue weighted by Crippen LogP contribution is -2.52. The Morgan fingerprint density at radius 1 is 1.40 bits per heavy atom. The highest BCUT2D eigenvalue weighted by molar-refractivity contribution is 9.09. The minimum Gasteiger partial charge on any atom is -0.212 e. The van der Waals surface area contributed by atoms with Crippen molar-refractivity contribution in [3.8, 4) is 0 Å². The first kappa shape index (κ1) is 13.5. The fourth-order valence-electron chi connectivity index (χ4n) is 1.98. The molecule has 0 aromatic heterocycles. The van der Waals surface area contributed by atoms with Crippen LogP contribution in [0.1, 0.15) is 39.5 Å². The Kier molecular flexibility index (Phi) is 4.62. The van der Waals surface area contributed by atoms with E-state index in [2.05, 4.69) is 27.6 Å². The first-order valence-electron chi connectivity index (χ1n) is 5.51. The summed E-state index contributed by atoms with van der Waals surface area (Å²) < 4.78 is 26.0. The summed E-state index contributed by atoms with van der Waals surface area (Å²) in [5.74, 6) is 0.889. The Balaban J connectivity index is 2.70. The average molecular weight is 298 g/mol. The van der Waals surface area contributed by atoms with Gasteiger partial charge in [-0.2, -0.15) is 0 Å². The fraction of sp³-hybridized carbons (Fsp3) is 1.00. The van der Waals surface area contributed by atoms with E-state index in [0.29, 0.717) is 5.33 Å². The zero-order valence-electron chi connectivity index (χ0n) is 9.42. The average Bonchev–Trinajstić information content (AvgIpc) is 2.22. The molecule has 0 unspecified atom stereocenters. The molecule has 0 spiro atoms. The number of hydrogen-bond acceptors (Lipinski definition) is 2. The van der Waals surface area contributed by atoms with Crippen LogP contribution in [0.2, 0.25) is 0 Å². The molecule has 0 atom stereocenters. The van der Waals surface area contributed by atoms with Crippen molar-refractivity contribution in [3.63, 3.8) is 0 Å². The Morgan fingerprint density at radius 2 is 1.93 bits per heavy atom. The summed E-state index contributed by atoms with van der Waals surface area (Å²) in [7, 11) is -3.09. The summed E-state index contributed by atoms with van der Waals surface area (Å²) >= 11 is 3.44. The van der Waals surface area contributed by atoms with Gasteiger partial charge in [-0.3, -0.25) is 0 Å². The Labute approximate surface area is 101 Å². The number of nitrogens with one attached hydrogen (secondary N) is 1. The second kappa shape index (κ2) is 5.15. The molecule has 0 amide bonds. The lowest BCUT2D eigenvalue weighted by atomic mass is 9.79. The molecule has 0 aromatic carbocycles. The third-order valence-electron chi connectivity index (χ3n) is 3.24. The first-order valence-corrected chi connectivity index (χ1v) is 8.28. The minimum atomic E-state index is -3.09. The highest BCUT2D eigenvalue weighted by atomic mass is 79.9. The number of halogens is 1. The Hall–Kier alpha value is 0.390. The number of rotatable bonds is 4. The van der Waals surface area contributed by atoms with Crippen molar-refractivity contribution in [1.82, 2.24) is 4.72 Å². The lowest BCUT2D eigenvalue weighted by Gasteiger charge is -2.38. The van der Waals surface area contributed by atoms with Crippen molar-refractivity contribution in [3.05, 3.63) is 0 Å². The second-order valence-electron chi connectivity index (χ2n) is 4.60. The van der Waals surface area contributed by atoms with E-state index in [1.165, 1.54) is 0 Å². The van der Waals surface area contributed by atoms with Crippen LogP contribution in [0, 0.1) is 5.92 Å². The molecule has 3 nitrogen and oxygen atoms in total. The SMILES string of the molecule is CCS(=O)(=O)NC1(CBr)CCC(C)CC1. The predicted molar refractivity (Wildman–Crippen MR) is 66.8 cm³/mol. The van der Waals surface area contributed by atoms with E-state index in [4.69, 9.17) is 0 Å². The van der Waals surface area contributed by atoms with Crippen LogP contribution in [0.15, 0.2) is 0 Å². The monoisotopic (exact) mass is 297 g/mol. The molecule has 0 radical (unpaired) electrons. The van der Waals surface area contributed by atoms with Crippen molar-refractivity contribution in [2.75, 3.05) is 11.1 Å². The van der Waals surface area contributed by atoms with E-state index in [9.17, 15) is 8.42 Å². The molecule has 1 N–H and O–H groups in total. The first-order chi connectivity index (χ1) is 6.93. The highest BCUT2D eigenvalue weighted by Crippen LogP contribution is 2.33. The summed E-state index contributed by atoms with van der Waals surface area (Å²) in [6, 6.07) is 0. The fourth-order valence-corrected chi connectivity index (χ4v) is 3.95. The number of sulfonamides is 1. The quantitative estimate of drug-likeness (QED) is 0.809. The maximum atomic E-state index is 11.6. The maximum absolute atomic E-state index is 11.6. The van der Waals surface area contributed by atoms with Crippen LogP contribution >= 0.6 is 15.9 Å². The standard InChI is InChI=1S/C10H20BrNO2S/c1-3-15(13,14)12-10(8-11)6-4-9(2)5-7-10/h9,12H,3-8H2,1-2H3. The van der Waals surface area contributed by atoms with Crippen molar-refractivity contribution >= 4 is 26.0 Å². The summed E-state index contributed by atoms with van der Waals surface area (Å²) in [6.07, 6.45) is 4.10. The van der Waals surface area contributed by atoms with Gasteiger partial charge in [0.15, 0.2) is 0 Å². The van der Waals surface area contributed by atoms with Gasteiger partial charge in [-0.25, -0.2) is 13.1 Å². The molecule has 15 heavy (non-hydrogen) atoms. The Morgan fingerprint density at radius 3 is 2.33 bits per heavy atom. The van der Waals surface area contributed by atoms with E-state index in [1.54, 1.807) is 6.92 Å². The maximum Gasteiger partial charge on any atom is 0.211 e. The summed E-state index contributed by atoms with van der Waals surface area (Å²) in [5, 5.41) is 0.714. The molecule has 0 aliphatic heterocycles. The van der Waals surface area contributed by atoms with Gasteiger partial charge in [0.1, 0.15) is 0 Å². The largest absolute Gasteiger partial charge is 0.212 e. The minimum absolute atomic E-state index is 0.164. The smallest absolute Gasteiger partial charge is 0.211 e. The normalized spacial score (nSPS) is 32.9. The van der Waals surface area contributed by atoms with Crippen LogP contribution in [0.3, 0.4) is 0 Å². The zero-order chi connectivity index (χ0) is 11.5. The topological polar surface area (TPSA) is 46.2 Å². The molecule has 0 heterocycles. The molecule has 0 bridgehead atoms. The van der Waals surface area contributed by atoms with Gasteiger partial charge in [0.05, 0.1) is 5.75 Å². The van der Waals surface area contributed by atoms with Crippen molar-refractivity contribution < 1.29 is 8.42 Å². The molecular weight excluding hydrogens is 278 g/mol. The van der Waals surface area contributed by atoms with Crippen LogP contribution < -0.4 is 4.72 Å². The van der Waals surface area contributed by atoms with Gasteiger partial charge in [0, 0.05) is 10.9 Å². The van der Waals surface area contributed by atoms with Gasteiger partial charge in [-0.1, -0.05) is 22.9 Å². The van der Waals surface area contributed by atoms with E-state index in [0.717, 1.165) is 31.6 Å². The van der Waals surface area contributed by atoms with Crippen LogP contribution in [0.25, 0.3) is 0 Å². The van der Waals surface area contributed by atoms with Gasteiger partial charge in [-0.15, -0.1) is 0 Å². The van der Waals surface area contributed by atoms with Gasteiger partial charge >= 0.3 is 0 Å². The molecule has 90 valence electrons. The molecule has 0 saturated heterocycles.